The summed E-state index contributed by atoms with van der Waals surface area (Å²) in [6.45, 7) is 8.22. The van der Waals surface area contributed by atoms with E-state index in [0.29, 0.717) is 26.2 Å². The lowest BCUT2D eigenvalue weighted by Crippen LogP contribution is -2.47. The fourth-order valence-electron chi connectivity index (χ4n) is 2.30. The fourth-order valence-corrected chi connectivity index (χ4v) is 2.30. The van der Waals surface area contributed by atoms with Crippen molar-refractivity contribution in [3.8, 4) is 0 Å². The van der Waals surface area contributed by atoms with Gasteiger partial charge in [0.15, 0.2) is 0 Å². The number of amides is 1. The summed E-state index contributed by atoms with van der Waals surface area (Å²) in [5, 5.41) is 3.35. The Labute approximate surface area is 114 Å². The van der Waals surface area contributed by atoms with Crippen molar-refractivity contribution >= 4 is 11.6 Å². The van der Waals surface area contributed by atoms with Crippen molar-refractivity contribution in [1.29, 1.82) is 0 Å². The number of carbonyl (C=O) groups excluding carboxylic acids is 1. The first-order valence-electron chi connectivity index (χ1n) is 6.61. The topological polar surface area (TPSA) is 54.5 Å². The molecule has 1 aliphatic rings. The Balaban J connectivity index is 1.89. The summed E-state index contributed by atoms with van der Waals surface area (Å²) in [5.74, 6) is 0.115. The number of pyridine rings is 1. The lowest BCUT2D eigenvalue weighted by molar-refractivity contribution is -0.135. The summed E-state index contributed by atoms with van der Waals surface area (Å²) in [6.07, 6.45) is 0.0476. The van der Waals surface area contributed by atoms with Crippen LogP contribution in [0, 0.1) is 13.8 Å². The number of anilines is 1. The number of carbonyl (C=O) groups is 1. The van der Waals surface area contributed by atoms with E-state index in [0.717, 1.165) is 17.1 Å². The Morgan fingerprint density at radius 1 is 1.47 bits per heavy atom. The van der Waals surface area contributed by atoms with Gasteiger partial charge in [-0.2, -0.15) is 0 Å². The molecule has 1 saturated heterocycles. The van der Waals surface area contributed by atoms with E-state index in [1.165, 1.54) is 0 Å². The standard InChI is InChI=1S/C14H21N3O2/c1-10-6-13(7-11(2)16-10)15-8-14-9-17(12(3)18)4-5-19-14/h6-7,14H,4-5,8-9H2,1-3H3,(H,15,16)/t14-/m1/s1. The Hall–Kier alpha value is -1.62. The van der Waals surface area contributed by atoms with Gasteiger partial charge in [-0.1, -0.05) is 0 Å². The van der Waals surface area contributed by atoms with Gasteiger partial charge < -0.3 is 15.0 Å². The minimum Gasteiger partial charge on any atom is -0.382 e. The van der Waals surface area contributed by atoms with Crippen molar-refractivity contribution in [3.63, 3.8) is 0 Å². The van der Waals surface area contributed by atoms with Gasteiger partial charge >= 0.3 is 0 Å². The molecule has 104 valence electrons. The van der Waals surface area contributed by atoms with E-state index in [2.05, 4.69) is 10.3 Å². The Morgan fingerprint density at radius 2 is 2.16 bits per heavy atom. The van der Waals surface area contributed by atoms with E-state index in [1.807, 2.05) is 30.9 Å². The summed E-state index contributed by atoms with van der Waals surface area (Å²) in [4.78, 5) is 17.5. The summed E-state index contributed by atoms with van der Waals surface area (Å²) in [6, 6.07) is 4.02. The number of rotatable bonds is 3. The molecule has 2 rings (SSSR count). The monoisotopic (exact) mass is 263 g/mol. The number of ether oxygens (including phenoxy) is 1. The zero-order chi connectivity index (χ0) is 13.8. The second-order valence-electron chi connectivity index (χ2n) is 4.98. The average Bonchev–Trinajstić information content (AvgIpc) is 2.35. The van der Waals surface area contributed by atoms with E-state index >= 15 is 0 Å². The third-order valence-corrected chi connectivity index (χ3v) is 3.20. The van der Waals surface area contributed by atoms with Gasteiger partial charge in [0.25, 0.3) is 0 Å². The molecule has 1 N–H and O–H groups in total. The van der Waals surface area contributed by atoms with Crippen LogP contribution in [0.5, 0.6) is 0 Å². The van der Waals surface area contributed by atoms with Crippen molar-refractivity contribution in [1.82, 2.24) is 9.88 Å². The van der Waals surface area contributed by atoms with Crippen molar-refractivity contribution < 1.29 is 9.53 Å². The second kappa shape index (κ2) is 6.02. The van der Waals surface area contributed by atoms with Gasteiger partial charge in [0.1, 0.15) is 0 Å². The van der Waals surface area contributed by atoms with Crippen LogP contribution in [0.25, 0.3) is 0 Å². The van der Waals surface area contributed by atoms with Gasteiger partial charge in [-0.15, -0.1) is 0 Å². The van der Waals surface area contributed by atoms with Crippen LogP contribution >= 0.6 is 0 Å². The molecule has 0 bridgehead atoms. The minimum atomic E-state index is 0.0476. The molecule has 0 radical (unpaired) electrons. The maximum Gasteiger partial charge on any atom is 0.219 e. The van der Waals surface area contributed by atoms with Crippen LogP contribution in [-0.4, -0.2) is 48.1 Å². The summed E-state index contributed by atoms with van der Waals surface area (Å²) < 4.78 is 5.67. The molecule has 0 aliphatic carbocycles. The smallest absolute Gasteiger partial charge is 0.219 e. The maximum absolute atomic E-state index is 11.3. The first kappa shape index (κ1) is 13.8. The molecule has 5 heteroatoms. The molecule has 0 unspecified atom stereocenters. The molecular weight excluding hydrogens is 242 g/mol. The maximum atomic E-state index is 11.3. The fraction of sp³-hybridized carbons (Fsp3) is 0.571. The van der Waals surface area contributed by atoms with Gasteiger partial charge in [0, 0.05) is 43.6 Å². The average molecular weight is 263 g/mol. The minimum absolute atomic E-state index is 0.0476. The van der Waals surface area contributed by atoms with E-state index in [9.17, 15) is 4.79 Å². The molecule has 1 atom stereocenters. The van der Waals surface area contributed by atoms with E-state index in [1.54, 1.807) is 6.92 Å². The lowest BCUT2D eigenvalue weighted by atomic mass is 10.2. The highest BCUT2D eigenvalue weighted by Crippen LogP contribution is 2.12. The van der Waals surface area contributed by atoms with Crippen LogP contribution in [-0.2, 0) is 9.53 Å². The van der Waals surface area contributed by atoms with Gasteiger partial charge in [0.05, 0.1) is 12.7 Å². The molecular formula is C14H21N3O2. The summed E-state index contributed by atoms with van der Waals surface area (Å²) in [7, 11) is 0. The Morgan fingerprint density at radius 3 is 2.79 bits per heavy atom. The molecule has 0 aromatic carbocycles. The van der Waals surface area contributed by atoms with Crippen LogP contribution in [0.3, 0.4) is 0 Å². The predicted octanol–water partition coefficient (Wildman–Crippen LogP) is 1.36. The number of hydrogen-bond donors (Lipinski definition) is 1. The molecule has 0 saturated carbocycles. The third-order valence-electron chi connectivity index (χ3n) is 3.20. The molecule has 1 amide bonds. The normalized spacial score (nSPS) is 19.3. The number of hydrogen-bond acceptors (Lipinski definition) is 4. The van der Waals surface area contributed by atoms with Gasteiger partial charge in [-0.3, -0.25) is 9.78 Å². The zero-order valence-corrected chi connectivity index (χ0v) is 11.8. The number of nitrogens with one attached hydrogen (secondary N) is 1. The molecule has 1 aromatic rings. The summed E-state index contributed by atoms with van der Waals surface area (Å²) in [5.41, 5.74) is 3.04. The van der Waals surface area contributed by atoms with Crippen LogP contribution in [0.4, 0.5) is 5.69 Å². The lowest BCUT2D eigenvalue weighted by Gasteiger charge is -2.32. The zero-order valence-electron chi connectivity index (χ0n) is 11.8. The van der Waals surface area contributed by atoms with Crippen LogP contribution < -0.4 is 5.32 Å². The number of nitrogens with zero attached hydrogens (tertiary/aromatic N) is 2. The molecule has 19 heavy (non-hydrogen) atoms. The Kier molecular flexibility index (Phi) is 4.37. The third kappa shape index (κ3) is 3.92. The van der Waals surface area contributed by atoms with E-state index in [-0.39, 0.29) is 12.0 Å². The van der Waals surface area contributed by atoms with Crippen molar-refractivity contribution in [2.24, 2.45) is 0 Å². The van der Waals surface area contributed by atoms with E-state index < -0.39 is 0 Å². The first-order chi connectivity index (χ1) is 9.04. The number of aryl methyl sites for hydroxylation is 2. The van der Waals surface area contributed by atoms with Crippen LogP contribution in [0.1, 0.15) is 18.3 Å². The molecule has 1 fully saturated rings. The highest BCUT2D eigenvalue weighted by atomic mass is 16.5. The largest absolute Gasteiger partial charge is 0.382 e. The first-order valence-corrected chi connectivity index (χ1v) is 6.61. The summed E-state index contributed by atoms with van der Waals surface area (Å²) >= 11 is 0. The SMILES string of the molecule is CC(=O)N1CCO[C@H](CNc2cc(C)nc(C)c2)C1. The van der Waals surface area contributed by atoms with Gasteiger partial charge in [-0.25, -0.2) is 0 Å². The van der Waals surface area contributed by atoms with Gasteiger partial charge in [0.2, 0.25) is 5.91 Å². The molecule has 0 spiro atoms. The van der Waals surface area contributed by atoms with Crippen molar-refractivity contribution in [3.05, 3.63) is 23.5 Å². The van der Waals surface area contributed by atoms with Crippen molar-refractivity contribution in [2.45, 2.75) is 26.9 Å². The Bertz CT molecular complexity index is 442. The predicted molar refractivity (Wildman–Crippen MR) is 74.2 cm³/mol. The molecule has 5 nitrogen and oxygen atoms in total. The highest BCUT2D eigenvalue weighted by Gasteiger charge is 2.21. The number of morpholine rings is 1. The highest BCUT2D eigenvalue weighted by molar-refractivity contribution is 5.73. The number of aromatic nitrogens is 1. The van der Waals surface area contributed by atoms with Crippen LogP contribution in [0.15, 0.2) is 12.1 Å². The molecule has 2 heterocycles. The van der Waals surface area contributed by atoms with Crippen molar-refractivity contribution in [2.75, 3.05) is 31.6 Å². The second-order valence-corrected chi connectivity index (χ2v) is 4.98. The molecule has 1 aromatic heterocycles. The van der Waals surface area contributed by atoms with Crippen LogP contribution in [0.2, 0.25) is 0 Å². The van der Waals surface area contributed by atoms with Gasteiger partial charge in [-0.05, 0) is 26.0 Å². The molecule has 1 aliphatic heterocycles. The van der Waals surface area contributed by atoms with E-state index in [4.69, 9.17) is 4.74 Å². The quantitative estimate of drug-likeness (QED) is 0.894.